The average Bonchev–Trinajstić information content (AvgIpc) is 3.41. The number of hydrogen-bond donors (Lipinski definition) is 0. The maximum Gasteiger partial charge on any atom is 0.252 e. The standard InChI is InChI=1S/C64H43BN2/c1-5-16-44(17-6-1)49-30-35-55(36-31-49)66-60-38-33-52(46-20-9-3-10-21-46)42-57(60)65-58-43-53(47-22-11-4-12-23-47)34-39-61(58)67(63-27-15-26-62(66)64(63)65)59-37-32-51(45-18-7-2-8-19-45)41-56(59)54-29-28-48-24-13-14-25-50(48)40-54/h1-43H. The molecule has 67 heavy (non-hydrogen) atoms. The van der Waals surface area contributed by atoms with Gasteiger partial charge in [-0.05, 0) is 132 Å². The molecule has 0 N–H and O–H groups in total. The zero-order chi connectivity index (χ0) is 44.3. The lowest BCUT2D eigenvalue weighted by atomic mass is 9.33. The molecule has 0 spiro atoms. The van der Waals surface area contributed by atoms with Crippen LogP contribution in [0.2, 0.25) is 0 Å². The number of benzene rings is 11. The molecule has 2 nitrogen and oxygen atoms in total. The first-order valence-electron chi connectivity index (χ1n) is 23.2. The summed E-state index contributed by atoms with van der Waals surface area (Å²) in [7, 11) is 0. The van der Waals surface area contributed by atoms with Gasteiger partial charge >= 0.3 is 0 Å². The number of fused-ring (bicyclic) bond motifs is 5. The van der Waals surface area contributed by atoms with E-state index in [1.165, 1.54) is 106 Å². The molecule has 0 unspecified atom stereocenters. The second kappa shape index (κ2) is 16.1. The third kappa shape index (κ3) is 6.66. The van der Waals surface area contributed by atoms with Gasteiger partial charge in [-0.2, -0.15) is 0 Å². The van der Waals surface area contributed by atoms with E-state index in [4.69, 9.17) is 0 Å². The van der Waals surface area contributed by atoms with Crippen LogP contribution in [-0.2, 0) is 0 Å². The molecule has 0 atom stereocenters. The van der Waals surface area contributed by atoms with E-state index in [9.17, 15) is 0 Å². The van der Waals surface area contributed by atoms with Crippen molar-refractivity contribution in [1.82, 2.24) is 0 Å². The number of anilines is 6. The van der Waals surface area contributed by atoms with Crippen molar-refractivity contribution in [3.05, 3.63) is 261 Å². The highest BCUT2D eigenvalue weighted by molar-refractivity contribution is 7.00. The van der Waals surface area contributed by atoms with Crippen molar-refractivity contribution in [3.8, 4) is 55.6 Å². The van der Waals surface area contributed by atoms with Crippen LogP contribution >= 0.6 is 0 Å². The molecule has 11 aromatic rings. The summed E-state index contributed by atoms with van der Waals surface area (Å²) < 4.78 is 0. The summed E-state index contributed by atoms with van der Waals surface area (Å²) in [6, 6.07) is 96.1. The molecule has 0 fully saturated rings. The van der Waals surface area contributed by atoms with Crippen molar-refractivity contribution in [2.75, 3.05) is 9.80 Å². The Balaban J connectivity index is 1.09. The summed E-state index contributed by atoms with van der Waals surface area (Å²) in [5, 5.41) is 2.45. The lowest BCUT2D eigenvalue weighted by molar-refractivity contribution is 1.25. The maximum absolute atomic E-state index is 2.56. The summed E-state index contributed by atoms with van der Waals surface area (Å²) in [4.78, 5) is 5.06. The highest BCUT2D eigenvalue weighted by Gasteiger charge is 2.44. The van der Waals surface area contributed by atoms with E-state index in [0.29, 0.717) is 0 Å². The first kappa shape index (κ1) is 38.8. The topological polar surface area (TPSA) is 6.48 Å². The van der Waals surface area contributed by atoms with Crippen molar-refractivity contribution >= 4 is 68.0 Å². The fourth-order valence-corrected chi connectivity index (χ4v) is 10.7. The monoisotopic (exact) mass is 850 g/mol. The van der Waals surface area contributed by atoms with E-state index in [1.54, 1.807) is 0 Å². The third-order valence-electron chi connectivity index (χ3n) is 13.8. The van der Waals surface area contributed by atoms with Gasteiger partial charge < -0.3 is 9.80 Å². The largest absolute Gasteiger partial charge is 0.311 e. The van der Waals surface area contributed by atoms with E-state index in [-0.39, 0.29) is 6.71 Å². The van der Waals surface area contributed by atoms with Crippen molar-refractivity contribution in [2.45, 2.75) is 0 Å². The first-order valence-corrected chi connectivity index (χ1v) is 23.2. The first-order chi connectivity index (χ1) is 33.2. The average molecular weight is 851 g/mol. The normalized spacial score (nSPS) is 12.4. The summed E-state index contributed by atoms with van der Waals surface area (Å²) in [6.45, 7) is -0.0488. The smallest absolute Gasteiger partial charge is 0.252 e. The quantitative estimate of drug-likeness (QED) is 0.147. The predicted molar refractivity (Wildman–Crippen MR) is 285 cm³/mol. The highest BCUT2D eigenvalue weighted by Crippen LogP contribution is 2.48. The Hall–Kier alpha value is -8.66. The van der Waals surface area contributed by atoms with Crippen LogP contribution in [0.3, 0.4) is 0 Å². The molecule has 0 bridgehead atoms. The number of rotatable bonds is 7. The number of hydrogen-bond acceptors (Lipinski definition) is 2. The van der Waals surface area contributed by atoms with Gasteiger partial charge in [0.25, 0.3) is 6.71 Å². The molecule has 312 valence electrons. The zero-order valence-electron chi connectivity index (χ0n) is 36.8. The van der Waals surface area contributed by atoms with Gasteiger partial charge in [-0.15, -0.1) is 0 Å². The van der Waals surface area contributed by atoms with E-state index >= 15 is 0 Å². The lowest BCUT2D eigenvalue weighted by Crippen LogP contribution is -2.61. The Morgan fingerprint density at radius 3 is 1.22 bits per heavy atom. The SMILES string of the molecule is c1ccc(-c2ccc(N3c4ccc(-c5ccccc5)cc4B4c5cc(-c6ccccc6)ccc5N(c5ccc(-c6ccccc6)cc5-c5ccc6ccccc6c5)c5cccc3c54)cc2)cc1. The fraction of sp³-hybridized carbons (Fsp3) is 0. The Bertz CT molecular complexity index is 3630. The molecule has 0 saturated carbocycles. The van der Waals surface area contributed by atoms with Gasteiger partial charge in [-0.25, -0.2) is 0 Å². The lowest BCUT2D eigenvalue weighted by Gasteiger charge is -2.44. The van der Waals surface area contributed by atoms with Crippen molar-refractivity contribution in [2.24, 2.45) is 0 Å². The molecular weight excluding hydrogens is 808 g/mol. The second-order valence-electron chi connectivity index (χ2n) is 17.7. The summed E-state index contributed by atoms with van der Waals surface area (Å²) in [6.07, 6.45) is 0. The van der Waals surface area contributed by atoms with Crippen LogP contribution in [0.5, 0.6) is 0 Å². The summed E-state index contributed by atoms with van der Waals surface area (Å²) in [5.41, 5.74) is 22.8. The molecule has 3 heteroatoms. The van der Waals surface area contributed by atoms with Crippen LogP contribution in [0.15, 0.2) is 261 Å². The van der Waals surface area contributed by atoms with Crippen LogP contribution in [0.1, 0.15) is 0 Å². The van der Waals surface area contributed by atoms with Crippen LogP contribution in [0, 0.1) is 0 Å². The van der Waals surface area contributed by atoms with Gasteiger partial charge in [0.2, 0.25) is 0 Å². The molecule has 0 saturated heterocycles. The van der Waals surface area contributed by atoms with Crippen LogP contribution in [0.4, 0.5) is 34.1 Å². The second-order valence-corrected chi connectivity index (χ2v) is 17.7. The van der Waals surface area contributed by atoms with Gasteiger partial charge in [0.1, 0.15) is 0 Å². The van der Waals surface area contributed by atoms with Gasteiger partial charge in [0, 0.05) is 34.0 Å². The van der Waals surface area contributed by atoms with E-state index in [0.717, 1.165) is 11.4 Å². The maximum atomic E-state index is 2.56. The Morgan fingerprint density at radius 2 is 0.657 bits per heavy atom. The van der Waals surface area contributed by atoms with Crippen molar-refractivity contribution in [3.63, 3.8) is 0 Å². The fourth-order valence-electron chi connectivity index (χ4n) is 10.7. The molecular formula is C64H43BN2. The molecule has 11 aromatic carbocycles. The minimum absolute atomic E-state index is 0.0488. The van der Waals surface area contributed by atoms with Crippen LogP contribution in [-0.4, -0.2) is 6.71 Å². The molecule has 2 aliphatic rings. The minimum Gasteiger partial charge on any atom is -0.311 e. The van der Waals surface area contributed by atoms with Crippen molar-refractivity contribution < 1.29 is 0 Å². The highest BCUT2D eigenvalue weighted by atomic mass is 15.2. The minimum atomic E-state index is -0.0488. The van der Waals surface area contributed by atoms with Gasteiger partial charge in [-0.3, -0.25) is 0 Å². The van der Waals surface area contributed by atoms with Crippen LogP contribution in [0.25, 0.3) is 66.4 Å². The molecule has 0 aromatic heterocycles. The van der Waals surface area contributed by atoms with Gasteiger partial charge in [0.05, 0.1) is 5.69 Å². The van der Waals surface area contributed by atoms with E-state index in [2.05, 4.69) is 271 Å². The molecule has 2 heterocycles. The molecule has 0 aliphatic carbocycles. The van der Waals surface area contributed by atoms with Crippen LogP contribution < -0.4 is 26.2 Å². The zero-order valence-corrected chi connectivity index (χ0v) is 36.8. The molecule has 2 aliphatic heterocycles. The Morgan fingerprint density at radius 1 is 0.239 bits per heavy atom. The third-order valence-corrected chi connectivity index (χ3v) is 13.8. The van der Waals surface area contributed by atoms with E-state index in [1.807, 2.05) is 0 Å². The van der Waals surface area contributed by atoms with Crippen molar-refractivity contribution in [1.29, 1.82) is 0 Å². The molecule has 0 radical (unpaired) electrons. The van der Waals surface area contributed by atoms with E-state index < -0.39 is 0 Å². The van der Waals surface area contributed by atoms with Gasteiger partial charge in [-0.1, -0.05) is 206 Å². The van der Waals surface area contributed by atoms with Gasteiger partial charge in [0.15, 0.2) is 0 Å². The Kier molecular flexibility index (Phi) is 9.32. The predicted octanol–water partition coefficient (Wildman–Crippen LogP) is 15.3. The molecule has 0 amide bonds. The molecule has 13 rings (SSSR count). The summed E-state index contributed by atoms with van der Waals surface area (Å²) >= 11 is 0. The Labute approximate surface area is 392 Å². The number of nitrogens with zero attached hydrogens (tertiary/aromatic N) is 2. The summed E-state index contributed by atoms with van der Waals surface area (Å²) in [5.74, 6) is 0.